The summed E-state index contributed by atoms with van der Waals surface area (Å²) in [5, 5.41) is 11.6. The van der Waals surface area contributed by atoms with Gasteiger partial charge < -0.3 is 15.4 Å². The van der Waals surface area contributed by atoms with Gasteiger partial charge in [0.25, 0.3) is 0 Å². The van der Waals surface area contributed by atoms with Crippen molar-refractivity contribution < 1.29 is 4.74 Å². The van der Waals surface area contributed by atoms with Gasteiger partial charge in [0.1, 0.15) is 0 Å². The van der Waals surface area contributed by atoms with Crippen LogP contribution in [-0.2, 0) is 4.74 Å². The van der Waals surface area contributed by atoms with Gasteiger partial charge in [-0.25, -0.2) is 0 Å². The number of nitrogens with two attached hydrogens (primary N) is 1. The van der Waals surface area contributed by atoms with Crippen LogP contribution in [0, 0.1) is 5.41 Å². The minimum atomic E-state index is 0.0359. The predicted octanol–water partition coefficient (Wildman–Crippen LogP) is -0.352. The molecule has 2 heterocycles. The SMILES string of the molecule is CO[C@H]1CN(C(=N)N)C[C@@H]1n1cccn1. The highest BCUT2D eigenvalue weighted by molar-refractivity contribution is 5.75. The van der Waals surface area contributed by atoms with Crippen LogP contribution in [0.4, 0.5) is 0 Å². The zero-order valence-electron chi connectivity index (χ0n) is 8.63. The Balaban J connectivity index is 2.15. The first kappa shape index (κ1) is 9.97. The number of guanidine groups is 1. The fourth-order valence-corrected chi connectivity index (χ4v) is 1.92. The standard InChI is InChI=1S/C9H15N5O/c1-15-8-6-13(9(10)11)5-7(8)14-4-2-3-12-14/h2-4,7-8H,5-6H2,1H3,(H3,10,11)/t7-,8-/m0/s1. The van der Waals surface area contributed by atoms with Crippen LogP contribution < -0.4 is 5.73 Å². The van der Waals surface area contributed by atoms with E-state index in [1.807, 2.05) is 16.9 Å². The molecule has 0 unspecified atom stereocenters. The number of hydrogen-bond acceptors (Lipinski definition) is 3. The van der Waals surface area contributed by atoms with Crippen molar-refractivity contribution in [3.63, 3.8) is 0 Å². The highest BCUT2D eigenvalue weighted by Crippen LogP contribution is 2.22. The van der Waals surface area contributed by atoms with Crippen LogP contribution in [-0.4, -0.2) is 46.9 Å². The van der Waals surface area contributed by atoms with Gasteiger partial charge in [0.15, 0.2) is 5.96 Å². The van der Waals surface area contributed by atoms with Gasteiger partial charge in [0.05, 0.1) is 12.1 Å². The minimum Gasteiger partial charge on any atom is -0.377 e. The number of nitrogens with zero attached hydrogens (tertiary/aromatic N) is 3. The van der Waals surface area contributed by atoms with E-state index in [-0.39, 0.29) is 18.1 Å². The second kappa shape index (κ2) is 3.90. The number of aromatic nitrogens is 2. The summed E-state index contributed by atoms with van der Waals surface area (Å²) in [6.07, 6.45) is 3.68. The summed E-state index contributed by atoms with van der Waals surface area (Å²) < 4.78 is 7.23. The average Bonchev–Trinajstić information content (AvgIpc) is 2.86. The van der Waals surface area contributed by atoms with Crippen molar-refractivity contribution in [2.45, 2.75) is 12.1 Å². The quantitative estimate of drug-likeness (QED) is 0.515. The Kier molecular flexibility index (Phi) is 2.59. The molecule has 0 spiro atoms. The number of likely N-dealkylation sites (tertiary alicyclic amines) is 1. The van der Waals surface area contributed by atoms with E-state index in [1.165, 1.54) is 0 Å². The van der Waals surface area contributed by atoms with Crippen molar-refractivity contribution in [1.82, 2.24) is 14.7 Å². The molecule has 0 saturated carbocycles. The summed E-state index contributed by atoms with van der Waals surface area (Å²) in [4.78, 5) is 1.79. The molecule has 0 amide bonds. The van der Waals surface area contributed by atoms with Crippen molar-refractivity contribution in [2.75, 3.05) is 20.2 Å². The predicted molar refractivity (Wildman–Crippen MR) is 55.5 cm³/mol. The molecule has 0 radical (unpaired) electrons. The first-order chi connectivity index (χ1) is 7.22. The number of hydrogen-bond donors (Lipinski definition) is 2. The van der Waals surface area contributed by atoms with E-state index in [2.05, 4.69) is 5.10 Å². The molecule has 6 heteroatoms. The van der Waals surface area contributed by atoms with E-state index in [4.69, 9.17) is 15.9 Å². The van der Waals surface area contributed by atoms with Crippen molar-refractivity contribution in [3.05, 3.63) is 18.5 Å². The maximum absolute atomic E-state index is 7.39. The third-order valence-corrected chi connectivity index (χ3v) is 2.75. The molecule has 1 aliphatic heterocycles. The van der Waals surface area contributed by atoms with Gasteiger partial charge in [0.2, 0.25) is 0 Å². The lowest BCUT2D eigenvalue weighted by atomic mass is 10.2. The minimum absolute atomic E-state index is 0.0359. The number of ether oxygens (including phenoxy) is 1. The second-order valence-electron chi connectivity index (χ2n) is 3.62. The fraction of sp³-hybridized carbons (Fsp3) is 0.556. The number of rotatable bonds is 2. The summed E-state index contributed by atoms with van der Waals surface area (Å²) in [6, 6.07) is 2.01. The number of nitrogens with one attached hydrogen (secondary N) is 1. The average molecular weight is 209 g/mol. The zero-order valence-corrected chi connectivity index (χ0v) is 8.63. The Morgan fingerprint density at radius 2 is 2.40 bits per heavy atom. The van der Waals surface area contributed by atoms with Crippen molar-refractivity contribution in [1.29, 1.82) is 5.41 Å². The molecule has 6 nitrogen and oxygen atoms in total. The van der Waals surface area contributed by atoms with Gasteiger partial charge in [-0.05, 0) is 6.07 Å². The Labute approximate surface area is 88.1 Å². The Bertz CT molecular complexity index is 336. The molecule has 3 N–H and O–H groups in total. The lowest BCUT2D eigenvalue weighted by molar-refractivity contribution is 0.0804. The maximum atomic E-state index is 7.39. The van der Waals surface area contributed by atoms with Crippen LogP contribution in [0.25, 0.3) is 0 Å². The van der Waals surface area contributed by atoms with Crippen LogP contribution in [0.1, 0.15) is 6.04 Å². The van der Waals surface area contributed by atoms with Crippen LogP contribution in [0.5, 0.6) is 0 Å². The highest BCUT2D eigenvalue weighted by Gasteiger charge is 2.35. The summed E-state index contributed by atoms with van der Waals surface area (Å²) in [7, 11) is 1.67. The van der Waals surface area contributed by atoms with Crippen molar-refractivity contribution in [3.8, 4) is 0 Å². The highest BCUT2D eigenvalue weighted by atomic mass is 16.5. The van der Waals surface area contributed by atoms with Crippen LogP contribution in [0.3, 0.4) is 0 Å². The smallest absolute Gasteiger partial charge is 0.188 e. The van der Waals surface area contributed by atoms with E-state index in [1.54, 1.807) is 18.2 Å². The van der Waals surface area contributed by atoms with Gasteiger partial charge >= 0.3 is 0 Å². The lowest BCUT2D eigenvalue weighted by Crippen LogP contribution is -2.35. The summed E-state index contributed by atoms with van der Waals surface area (Å²) in [5.41, 5.74) is 5.45. The van der Waals surface area contributed by atoms with Gasteiger partial charge in [-0.2, -0.15) is 5.10 Å². The topological polar surface area (TPSA) is 80.2 Å². The molecule has 1 fully saturated rings. The summed E-state index contributed by atoms with van der Waals surface area (Å²) in [5.74, 6) is 0.0895. The maximum Gasteiger partial charge on any atom is 0.188 e. The van der Waals surface area contributed by atoms with Crippen LogP contribution in [0.15, 0.2) is 18.5 Å². The summed E-state index contributed by atoms with van der Waals surface area (Å²) >= 11 is 0. The Morgan fingerprint density at radius 3 is 2.93 bits per heavy atom. The van der Waals surface area contributed by atoms with Gasteiger partial charge in [-0.3, -0.25) is 10.1 Å². The van der Waals surface area contributed by atoms with Crippen LogP contribution in [0.2, 0.25) is 0 Å². The lowest BCUT2D eigenvalue weighted by Gasteiger charge is -2.16. The third-order valence-electron chi connectivity index (χ3n) is 2.75. The molecule has 1 aromatic heterocycles. The summed E-state index contributed by atoms with van der Waals surface area (Å²) in [6.45, 7) is 1.33. The Hall–Kier alpha value is -1.56. The molecule has 1 aromatic rings. The molecular weight excluding hydrogens is 194 g/mol. The molecule has 0 aromatic carbocycles. The zero-order chi connectivity index (χ0) is 10.8. The molecular formula is C9H15N5O. The third kappa shape index (κ3) is 1.80. The molecule has 1 saturated heterocycles. The molecule has 82 valence electrons. The van der Waals surface area contributed by atoms with Gasteiger partial charge in [-0.15, -0.1) is 0 Å². The van der Waals surface area contributed by atoms with Crippen molar-refractivity contribution in [2.24, 2.45) is 5.73 Å². The van der Waals surface area contributed by atoms with E-state index >= 15 is 0 Å². The Morgan fingerprint density at radius 1 is 1.60 bits per heavy atom. The number of methoxy groups -OCH3 is 1. The normalized spacial score (nSPS) is 25.8. The van der Waals surface area contributed by atoms with Gasteiger partial charge in [0, 0.05) is 32.6 Å². The monoisotopic (exact) mass is 209 g/mol. The fourth-order valence-electron chi connectivity index (χ4n) is 1.92. The molecule has 15 heavy (non-hydrogen) atoms. The molecule has 0 bridgehead atoms. The van der Waals surface area contributed by atoms with E-state index < -0.39 is 0 Å². The first-order valence-electron chi connectivity index (χ1n) is 4.83. The molecule has 0 aliphatic carbocycles. The molecule has 1 aliphatic rings. The van der Waals surface area contributed by atoms with Crippen molar-refractivity contribution >= 4 is 5.96 Å². The molecule has 2 rings (SSSR count). The van der Waals surface area contributed by atoms with Gasteiger partial charge in [-0.1, -0.05) is 0 Å². The van der Waals surface area contributed by atoms with E-state index in [9.17, 15) is 0 Å². The van der Waals surface area contributed by atoms with E-state index in [0.29, 0.717) is 13.1 Å². The van der Waals surface area contributed by atoms with Crippen LogP contribution >= 0.6 is 0 Å². The van der Waals surface area contributed by atoms with E-state index in [0.717, 1.165) is 0 Å². The first-order valence-corrected chi connectivity index (χ1v) is 4.83. The largest absolute Gasteiger partial charge is 0.377 e. The molecule has 2 atom stereocenters. The second-order valence-corrected chi connectivity index (χ2v) is 3.62.